The topological polar surface area (TPSA) is 57.6 Å². The molecular formula is C18H22FNO3. The zero-order valence-corrected chi connectivity index (χ0v) is 13.3. The van der Waals surface area contributed by atoms with Gasteiger partial charge in [-0.1, -0.05) is 24.1 Å². The van der Waals surface area contributed by atoms with E-state index in [1.54, 1.807) is 17.0 Å². The molecule has 1 atom stereocenters. The van der Waals surface area contributed by atoms with Crippen molar-refractivity contribution < 1.29 is 19.1 Å². The van der Waals surface area contributed by atoms with Crippen molar-refractivity contribution in [2.45, 2.75) is 51.5 Å². The third-order valence-corrected chi connectivity index (χ3v) is 5.30. The van der Waals surface area contributed by atoms with Crippen LogP contribution in [0, 0.1) is 18.2 Å². The van der Waals surface area contributed by atoms with Gasteiger partial charge in [0.2, 0.25) is 5.91 Å². The Balaban J connectivity index is 1.76. The van der Waals surface area contributed by atoms with Crippen molar-refractivity contribution in [3.05, 3.63) is 35.1 Å². The molecule has 1 aromatic carbocycles. The van der Waals surface area contributed by atoms with Crippen molar-refractivity contribution in [1.29, 1.82) is 0 Å². The van der Waals surface area contributed by atoms with E-state index in [2.05, 4.69) is 0 Å². The lowest BCUT2D eigenvalue weighted by Gasteiger charge is -2.37. The van der Waals surface area contributed by atoms with Crippen LogP contribution in [0.1, 0.15) is 43.2 Å². The van der Waals surface area contributed by atoms with Gasteiger partial charge in [-0.15, -0.1) is 0 Å². The second kappa shape index (κ2) is 5.95. The quantitative estimate of drug-likeness (QED) is 0.928. The molecule has 2 fully saturated rings. The summed E-state index contributed by atoms with van der Waals surface area (Å²) in [6.07, 6.45) is 4.01. The van der Waals surface area contributed by atoms with Crippen molar-refractivity contribution in [2.75, 3.05) is 6.54 Å². The van der Waals surface area contributed by atoms with Crippen LogP contribution in [0.4, 0.5) is 4.39 Å². The van der Waals surface area contributed by atoms with Gasteiger partial charge in [0, 0.05) is 12.6 Å². The molecule has 0 bridgehead atoms. The minimum absolute atomic E-state index is 0.000285. The third kappa shape index (κ3) is 3.23. The Bertz CT molecular complexity index is 639. The minimum Gasteiger partial charge on any atom is -0.481 e. The molecule has 1 aliphatic carbocycles. The van der Waals surface area contributed by atoms with Crippen LogP contribution in [-0.2, 0) is 16.0 Å². The van der Waals surface area contributed by atoms with Crippen LogP contribution in [0.3, 0.4) is 0 Å². The van der Waals surface area contributed by atoms with Gasteiger partial charge in [0.15, 0.2) is 0 Å². The molecule has 1 unspecified atom stereocenters. The van der Waals surface area contributed by atoms with E-state index in [1.165, 1.54) is 6.07 Å². The van der Waals surface area contributed by atoms with E-state index in [1.807, 2.05) is 6.92 Å². The maximum Gasteiger partial charge on any atom is 0.305 e. The van der Waals surface area contributed by atoms with Gasteiger partial charge in [0.25, 0.3) is 0 Å². The molecule has 124 valence electrons. The van der Waals surface area contributed by atoms with Gasteiger partial charge in [-0.05, 0) is 43.2 Å². The molecule has 1 heterocycles. The van der Waals surface area contributed by atoms with Crippen molar-refractivity contribution >= 4 is 11.9 Å². The molecular weight excluding hydrogens is 297 g/mol. The average Bonchev–Trinajstić information content (AvgIpc) is 2.82. The number of halogens is 1. The smallest absolute Gasteiger partial charge is 0.305 e. The van der Waals surface area contributed by atoms with E-state index in [-0.39, 0.29) is 36.0 Å². The highest BCUT2D eigenvalue weighted by Crippen LogP contribution is 2.50. The summed E-state index contributed by atoms with van der Waals surface area (Å²) in [7, 11) is 0. The van der Waals surface area contributed by atoms with Gasteiger partial charge in [-0.2, -0.15) is 0 Å². The number of amides is 1. The number of carboxylic acids is 1. The molecule has 4 nitrogen and oxygen atoms in total. The number of nitrogens with zero attached hydrogens (tertiary/aromatic N) is 1. The fourth-order valence-corrected chi connectivity index (χ4v) is 3.98. The Morgan fingerprint density at radius 3 is 2.74 bits per heavy atom. The summed E-state index contributed by atoms with van der Waals surface area (Å²) in [6, 6.07) is 4.49. The first kappa shape index (κ1) is 16.0. The summed E-state index contributed by atoms with van der Waals surface area (Å²) in [5, 5.41) is 9.11. The zero-order chi connectivity index (χ0) is 16.6. The van der Waals surface area contributed by atoms with Crippen molar-refractivity contribution in [1.82, 2.24) is 4.90 Å². The van der Waals surface area contributed by atoms with Crippen molar-refractivity contribution in [2.24, 2.45) is 5.41 Å². The monoisotopic (exact) mass is 319 g/mol. The van der Waals surface area contributed by atoms with Gasteiger partial charge in [0.1, 0.15) is 5.82 Å². The van der Waals surface area contributed by atoms with Crippen LogP contribution in [0.25, 0.3) is 0 Å². The summed E-state index contributed by atoms with van der Waals surface area (Å²) >= 11 is 0. The summed E-state index contributed by atoms with van der Waals surface area (Å²) in [5.41, 5.74) is 1.41. The van der Waals surface area contributed by atoms with E-state index in [9.17, 15) is 14.0 Å². The number of hydrogen-bond donors (Lipinski definition) is 1. The van der Waals surface area contributed by atoms with Crippen molar-refractivity contribution in [3.8, 4) is 0 Å². The largest absolute Gasteiger partial charge is 0.481 e. The van der Waals surface area contributed by atoms with Gasteiger partial charge in [0.05, 0.1) is 12.8 Å². The molecule has 3 rings (SSSR count). The Kier molecular flexibility index (Phi) is 4.13. The number of carbonyl (C=O) groups excluding carboxylic acids is 1. The van der Waals surface area contributed by atoms with Gasteiger partial charge >= 0.3 is 5.97 Å². The SMILES string of the molecule is Cc1ccc(F)c(CC(=O)N2CC3(CCC3)CC2CC(=O)O)c1. The standard InChI is InChI=1S/C18H22FNO3/c1-12-3-4-15(19)13(7-12)8-16(21)20-11-18(5-2-6-18)10-14(20)9-17(22)23/h3-4,7,14H,2,5-6,8-11H2,1H3,(H,22,23). The highest BCUT2D eigenvalue weighted by atomic mass is 19.1. The van der Waals surface area contributed by atoms with E-state index in [0.717, 1.165) is 31.2 Å². The normalized spacial score (nSPS) is 22.2. The van der Waals surface area contributed by atoms with Crippen LogP contribution in [0.2, 0.25) is 0 Å². The highest BCUT2D eigenvalue weighted by molar-refractivity contribution is 5.80. The zero-order valence-electron chi connectivity index (χ0n) is 13.3. The lowest BCUT2D eigenvalue weighted by atomic mass is 9.67. The van der Waals surface area contributed by atoms with Gasteiger partial charge in [-0.3, -0.25) is 9.59 Å². The minimum atomic E-state index is -0.883. The summed E-state index contributed by atoms with van der Waals surface area (Å²) in [6.45, 7) is 2.48. The molecule has 2 aliphatic rings. The Hall–Kier alpha value is -1.91. The summed E-state index contributed by atoms with van der Waals surface area (Å²) in [4.78, 5) is 25.5. The number of carbonyl (C=O) groups is 2. The number of rotatable bonds is 4. The maximum atomic E-state index is 13.9. The molecule has 1 saturated heterocycles. The number of benzene rings is 1. The van der Waals surface area contributed by atoms with Crippen LogP contribution in [-0.4, -0.2) is 34.5 Å². The summed E-state index contributed by atoms with van der Waals surface area (Å²) < 4.78 is 13.9. The molecule has 23 heavy (non-hydrogen) atoms. The van der Waals surface area contributed by atoms with E-state index >= 15 is 0 Å². The average molecular weight is 319 g/mol. The number of hydrogen-bond acceptors (Lipinski definition) is 2. The fraction of sp³-hybridized carbons (Fsp3) is 0.556. The van der Waals surface area contributed by atoms with Gasteiger partial charge < -0.3 is 10.0 Å². The number of likely N-dealkylation sites (tertiary alicyclic amines) is 1. The van der Waals surface area contributed by atoms with E-state index in [4.69, 9.17) is 5.11 Å². The predicted octanol–water partition coefficient (Wildman–Crippen LogP) is 2.92. The second-order valence-corrected chi connectivity index (χ2v) is 7.10. The highest BCUT2D eigenvalue weighted by Gasteiger charge is 2.49. The molecule has 5 heteroatoms. The second-order valence-electron chi connectivity index (χ2n) is 7.10. The van der Waals surface area contributed by atoms with Crippen LogP contribution < -0.4 is 0 Å². The fourth-order valence-electron chi connectivity index (χ4n) is 3.98. The molecule has 1 aliphatic heterocycles. The third-order valence-electron chi connectivity index (χ3n) is 5.30. The first-order valence-corrected chi connectivity index (χ1v) is 8.15. The first-order chi connectivity index (χ1) is 10.9. The maximum absolute atomic E-state index is 13.9. The number of carboxylic acid groups (broad SMARTS) is 1. The number of aryl methyl sites for hydroxylation is 1. The Labute approximate surface area is 135 Å². The Morgan fingerprint density at radius 2 is 2.13 bits per heavy atom. The summed E-state index contributed by atoms with van der Waals surface area (Å²) in [5.74, 6) is -1.42. The first-order valence-electron chi connectivity index (χ1n) is 8.15. The lowest BCUT2D eigenvalue weighted by molar-refractivity contribution is -0.139. The number of aliphatic carboxylic acids is 1. The van der Waals surface area contributed by atoms with Crippen LogP contribution >= 0.6 is 0 Å². The van der Waals surface area contributed by atoms with Crippen LogP contribution in [0.5, 0.6) is 0 Å². The van der Waals surface area contributed by atoms with E-state index in [0.29, 0.717) is 12.1 Å². The Morgan fingerprint density at radius 1 is 1.39 bits per heavy atom. The lowest BCUT2D eigenvalue weighted by Crippen LogP contribution is -2.39. The van der Waals surface area contributed by atoms with E-state index < -0.39 is 5.97 Å². The molecule has 0 aromatic heterocycles. The molecule has 1 amide bonds. The molecule has 1 aromatic rings. The molecule has 0 radical (unpaired) electrons. The molecule has 1 spiro atoms. The van der Waals surface area contributed by atoms with Gasteiger partial charge in [-0.25, -0.2) is 4.39 Å². The molecule has 1 N–H and O–H groups in total. The van der Waals surface area contributed by atoms with Crippen molar-refractivity contribution in [3.63, 3.8) is 0 Å². The predicted molar refractivity (Wildman–Crippen MR) is 83.5 cm³/mol. The molecule has 1 saturated carbocycles. The van der Waals surface area contributed by atoms with Crippen LogP contribution in [0.15, 0.2) is 18.2 Å².